The normalized spacial score (nSPS) is 10.3. The van der Waals surface area contributed by atoms with Gasteiger partial charge in [-0.15, -0.1) is 0 Å². The molecule has 5 aromatic carbocycles. The largest absolute Gasteiger partial charge is 0.485 e. The van der Waals surface area contributed by atoms with Gasteiger partial charge in [-0.3, -0.25) is 4.79 Å². The molecule has 0 radical (unpaired) electrons. The lowest BCUT2D eigenvalue weighted by molar-refractivity contribution is -0.144. The molecule has 0 unspecified atom stereocenters. The van der Waals surface area contributed by atoms with E-state index in [1.54, 1.807) is 84.9 Å². The summed E-state index contributed by atoms with van der Waals surface area (Å²) in [5.74, 6) is -1.10. The summed E-state index contributed by atoms with van der Waals surface area (Å²) >= 11 is 0. The highest BCUT2D eigenvalue weighted by atomic mass is 19.1. The van der Waals surface area contributed by atoms with Crippen LogP contribution in [0, 0.1) is 5.82 Å². The van der Waals surface area contributed by atoms with E-state index in [0.29, 0.717) is 39.5 Å². The lowest BCUT2D eigenvalue weighted by Gasteiger charge is -2.10. The van der Waals surface area contributed by atoms with Crippen LogP contribution in [-0.2, 0) is 14.3 Å². The second-order valence-corrected chi connectivity index (χ2v) is 10.5. The van der Waals surface area contributed by atoms with Crippen molar-refractivity contribution in [3.05, 3.63) is 158 Å². The van der Waals surface area contributed by atoms with Crippen LogP contribution in [0.2, 0.25) is 0 Å². The Hall–Kier alpha value is -6.81. The van der Waals surface area contributed by atoms with Crippen molar-refractivity contribution in [2.24, 2.45) is 0 Å². The molecule has 0 bridgehead atoms. The van der Waals surface area contributed by atoms with Gasteiger partial charge >= 0.3 is 17.9 Å². The van der Waals surface area contributed by atoms with Crippen molar-refractivity contribution < 1.29 is 47.3 Å². The first kappa shape index (κ1) is 34.5. The van der Waals surface area contributed by atoms with E-state index in [1.165, 1.54) is 36.4 Å². The van der Waals surface area contributed by atoms with Crippen molar-refractivity contribution in [2.75, 3.05) is 13.4 Å². The number of esters is 3. The van der Waals surface area contributed by atoms with Crippen LogP contribution < -0.4 is 18.9 Å². The molecule has 250 valence electrons. The number of hydrogen-bond donors (Lipinski definition) is 0. The molecule has 5 rings (SSSR count). The third-order valence-corrected chi connectivity index (χ3v) is 7.13. The molecule has 0 aliphatic carbocycles. The lowest BCUT2D eigenvalue weighted by Crippen LogP contribution is -2.09. The van der Waals surface area contributed by atoms with E-state index < -0.39 is 23.7 Å². The summed E-state index contributed by atoms with van der Waals surface area (Å²) in [4.78, 5) is 47.6. The minimum atomic E-state index is -0.614. The number of benzene rings is 5. The average molecular weight is 673 g/mol. The van der Waals surface area contributed by atoms with Crippen molar-refractivity contribution in [3.63, 3.8) is 0 Å². The molecule has 0 atom stereocenters. The molecule has 0 aromatic heterocycles. The Morgan fingerprint density at radius 3 is 1.54 bits per heavy atom. The van der Waals surface area contributed by atoms with Crippen LogP contribution in [-0.4, -0.2) is 37.1 Å². The summed E-state index contributed by atoms with van der Waals surface area (Å²) in [6.45, 7) is 6.24. The lowest BCUT2D eigenvalue weighted by atomic mass is 9.99. The molecule has 0 saturated heterocycles. The van der Waals surface area contributed by atoms with Crippen LogP contribution in [0.1, 0.15) is 20.7 Å². The van der Waals surface area contributed by atoms with E-state index >= 15 is 4.39 Å². The van der Waals surface area contributed by atoms with Crippen LogP contribution >= 0.6 is 0 Å². The van der Waals surface area contributed by atoms with Gasteiger partial charge in [-0.05, 0) is 102 Å². The molecule has 0 heterocycles. The SMILES string of the molecule is C=CC(=O)COc1ccc(C(=O)Oc2ccc(-c3ccc(-c4ccc(OC(=O)c5ccc(OCOC(=O)C=C)cc5)cc4)cc3F)cc2)cc1. The predicted molar refractivity (Wildman–Crippen MR) is 183 cm³/mol. The summed E-state index contributed by atoms with van der Waals surface area (Å²) in [5.41, 5.74) is 2.84. The smallest absolute Gasteiger partial charge is 0.343 e. The number of hydrogen-bond acceptors (Lipinski definition) is 9. The fraction of sp³-hybridized carbons (Fsp3) is 0.0500. The molecule has 0 aliphatic rings. The standard InChI is InChI=1S/C40H29FO9/c1-3-31(42)24-46-32-14-9-28(10-15-32)39(44)50-35-20-7-27(8-21-35)36-22-13-30(23-37(36)41)26-5-18-34(19-6-26)49-40(45)29-11-16-33(17-12-29)47-25-48-38(43)4-2/h3-23H,1-2,24-25H2. The Bertz CT molecular complexity index is 2020. The van der Waals surface area contributed by atoms with Crippen molar-refractivity contribution in [1.29, 1.82) is 0 Å². The summed E-state index contributed by atoms with van der Waals surface area (Å²) in [7, 11) is 0. The second-order valence-electron chi connectivity index (χ2n) is 10.5. The van der Waals surface area contributed by atoms with E-state index in [9.17, 15) is 19.2 Å². The Balaban J connectivity index is 1.15. The molecule has 10 heteroatoms. The highest BCUT2D eigenvalue weighted by molar-refractivity contribution is 5.92. The van der Waals surface area contributed by atoms with Gasteiger partial charge in [0, 0.05) is 11.6 Å². The van der Waals surface area contributed by atoms with E-state index in [0.717, 1.165) is 6.08 Å². The fourth-order valence-electron chi connectivity index (χ4n) is 4.48. The highest BCUT2D eigenvalue weighted by Crippen LogP contribution is 2.30. The van der Waals surface area contributed by atoms with Crippen LogP contribution in [0.5, 0.6) is 23.0 Å². The summed E-state index contributed by atoms with van der Waals surface area (Å²) < 4.78 is 41.5. The maximum atomic E-state index is 15.3. The van der Waals surface area contributed by atoms with E-state index in [2.05, 4.69) is 13.2 Å². The van der Waals surface area contributed by atoms with Gasteiger partial charge in [0.05, 0.1) is 11.1 Å². The zero-order valence-corrected chi connectivity index (χ0v) is 26.5. The van der Waals surface area contributed by atoms with Gasteiger partial charge in [-0.2, -0.15) is 0 Å². The zero-order chi connectivity index (χ0) is 35.5. The Labute approximate surface area is 286 Å². The number of carbonyl (C=O) groups is 4. The van der Waals surface area contributed by atoms with E-state index in [1.807, 2.05) is 0 Å². The van der Waals surface area contributed by atoms with Crippen molar-refractivity contribution in [3.8, 4) is 45.3 Å². The number of ether oxygens (including phenoxy) is 5. The first-order valence-electron chi connectivity index (χ1n) is 15.1. The van der Waals surface area contributed by atoms with Gasteiger partial charge in [0.25, 0.3) is 0 Å². The molecular weight excluding hydrogens is 643 g/mol. The van der Waals surface area contributed by atoms with Gasteiger partial charge in [-0.25, -0.2) is 18.8 Å². The van der Waals surface area contributed by atoms with Crippen molar-refractivity contribution in [2.45, 2.75) is 0 Å². The minimum Gasteiger partial charge on any atom is -0.485 e. The van der Waals surface area contributed by atoms with Crippen LogP contribution in [0.4, 0.5) is 4.39 Å². The Kier molecular flexibility index (Phi) is 11.3. The maximum absolute atomic E-state index is 15.3. The van der Waals surface area contributed by atoms with E-state index in [-0.39, 0.29) is 36.1 Å². The molecule has 5 aromatic rings. The third kappa shape index (κ3) is 9.17. The van der Waals surface area contributed by atoms with Gasteiger partial charge in [0.1, 0.15) is 28.8 Å². The molecule has 0 amide bonds. The van der Waals surface area contributed by atoms with Crippen LogP contribution in [0.15, 0.2) is 141 Å². The molecule has 50 heavy (non-hydrogen) atoms. The second kappa shape index (κ2) is 16.3. The molecule has 0 saturated carbocycles. The molecular formula is C40H29FO9. The first-order chi connectivity index (χ1) is 24.2. The number of carbonyl (C=O) groups excluding carboxylic acids is 4. The van der Waals surface area contributed by atoms with Gasteiger partial charge in [0.15, 0.2) is 12.4 Å². The highest BCUT2D eigenvalue weighted by Gasteiger charge is 2.13. The average Bonchev–Trinajstić information content (AvgIpc) is 3.14. The molecule has 0 aliphatic heterocycles. The summed E-state index contributed by atoms with van der Waals surface area (Å²) in [5, 5.41) is 0. The number of rotatable bonds is 14. The van der Waals surface area contributed by atoms with Gasteiger partial charge in [0.2, 0.25) is 6.79 Å². The monoisotopic (exact) mass is 672 g/mol. The van der Waals surface area contributed by atoms with Gasteiger partial charge in [-0.1, -0.05) is 49.6 Å². The first-order valence-corrected chi connectivity index (χ1v) is 15.1. The molecule has 0 fully saturated rings. The minimum absolute atomic E-state index is 0.147. The molecule has 0 spiro atoms. The van der Waals surface area contributed by atoms with Gasteiger partial charge < -0.3 is 23.7 Å². The van der Waals surface area contributed by atoms with Crippen molar-refractivity contribution in [1.82, 2.24) is 0 Å². The van der Waals surface area contributed by atoms with Crippen molar-refractivity contribution >= 4 is 23.7 Å². The van der Waals surface area contributed by atoms with E-state index in [4.69, 9.17) is 23.7 Å². The maximum Gasteiger partial charge on any atom is 0.343 e. The predicted octanol–water partition coefficient (Wildman–Crippen LogP) is 7.80. The molecule has 9 nitrogen and oxygen atoms in total. The summed E-state index contributed by atoms with van der Waals surface area (Å²) in [6.07, 6.45) is 2.19. The fourth-order valence-corrected chi connectivity index (χ4v) is 4.48. The van der Waals surface area contributed by atoms with Crippen LogP contribution in [0.3, 0.4) is 0 Å². The number of halogens is 1. The molecule has 0 N–H and O–H groups in total. The Morgan fingerprint density at radius 1 is 0.560 bits per heavy atom. The third-order valence-electron chi connectivity index (χ3n) is 7.13. The number of ketones is 1. The zero-order valence-electron chi connectivity index (χ0n) is 26.5. The quantitative estimate of drug-likeness (QED) is 0.0505. The topological polar surface area (TPSA) is 114 Å². The van der Waals surface area contributed by atoms with Crippen LogP contribution in [0.25, 0.3) is 22.3 Å². The summed E-state index contributed by atoms with van der Waals surface area (Å²) in [6, 6.07) is 30.2. The Morgan fingerprint density at radius 2 is 1.04 bits per heavy atom.